The lowest BCUT2D eigenvalue weighted by Gasteiger charge is -1.98. The molecule has 0 aliphatic rings. The van der Waals surface area contributed by atoms with E-state index < -0.39 is 0 Å². The second kappa shape index (κ2) is 7.13. The highest BCUT2D eigenvalue weighted by Crippen LogP contribution is 2.22. The van der Waals surface area contributed by atoms with Gasteiger partial charge in [0.2, 0.25) is 11.0 Å². The van der Waals surface area contributed by atoms with Gasteiger partial charge in [0.25, 0.3) is 0 Å². The van der Waals surface area contributed by atoms with Crippen molar-refractivity contribution in [2.24, 2.45) is 0 Å². The summed E-state index contributed by atoms with van der Waals surface area (Å²) in [5, 5.41) is 12.2. The molecule has 4 nitrogen and oxygen atoms in total. The molecule has 21 heavy (non-hydrogen) atoms. The third-order valence-electron chi connectivity index (χ3n) is 2.98. The second-order valence-electron chi connectivity index (χ2n) is 5.02. The van der Waals surface area contributed by atoms with Crippen molar-refractivity contribution < 1.29 is 4.79 Å². The molecule has 1 amide bonds. The van der Waals surface area contributed by atoms with E-state index in [1.807, 2.05) is 26.0 Å². The van der Waals surface area contributed by atoms with Gasteiger partial charge in [-0.1, -0.05) is 56.4 Å². The first kappa shape index (κ1) is 15.4. The number of anilines is 1. The number of carbonyl (C=O) groups is 1. The number of hydrogen-bond acceptors (Lipinski definition) is 4. The first-order valence-corrected chi connectivity index (χ1v) is 7.81. The molecule has 0 bridgehead atoms. The zero-order valence-corrected chi connectivity index (χ0v) is 13.3. The van der Waals surface area contributed by atoms with Crippen LogP contribution in [0.3, 0.4) is 0 Å². The number of rotatable bonds is 5. The Labute approximate surface area is 128 Å². The van der Waals surface area contributed by atoms with Crippen molar-refractivity contribution in [1.82, 2.24) is 10.2 Å². The predicted octanol–water partition coefficient (Wildman–Crippen LogP) is 3.88. The predicted molar refractivity (Wildman–Crippen MR) is 87.5 cm³/mol. The first-order valence-electron chi connectivity index (χ1n) is 7.00. The Hall–Kier alpha value is -2.01. The van der Waals surface area contributed by atoms with Crippen LogP contribution >= 0.6 is 11.3 Å². The molecule has 2 aromatic rings. The van der Waals surface area contributed by atoms with Crippen LogP contribution in [0.4, 0.5) is 5.13 Å². The fourth-order valence-corrected chi connectivity index (χ4v) is 2.45. The Morgan fingerprint density at radius 1 is 1.29 bits per heavy atom. The number of nitrogens with zero attached hydrogens (tertiary/aromatic N) is 2. The second-order valence-corrected chi connectivity index (χ2v) is 6.03. The number of aryl methyl sites for hydroxylation is 1. The molecule has 1 heterocycles. The molecule has 0 saturated carbocycles. The zero-order chi connectivity index (χ0) is 15.2. The van der Waals surface area contributed by atoms with Gasteiger partial charge in [0.1, 0.15) is 5.01 Å². The largest absolute Gasteiger partial charge is 0.297 e. The molecule has 1 N–H and O–H groups in total. The molecular formula is C16H19N3OS. The van der Waals surface area contributed by atoms with E-state index in [9.17, 15) is 4.79 Å². The third-order valence-corrected chi connectivity index (χ3v) is 4.12. The molecule has 2 rings (SSSR count). The maximum absolute atomic E-state index is 11.8. The van der Waals surface area contributed by atoms with E-state index in [0.717, 1.165) is 17.0 Å². The molecule has 1 aromatic heterocycles. The SMILES string of the molecule is CCc1ccc(/C=C/C(=O)Nc2nnc(C(C)C)s2)cc1. The summed E-state index contributed by atoms with van der Waals surface area (Å²) < 4.78 is 0. The van der Waals surface area contributed by atoms with E-state index >= 15 is 0 Å². The van der Waals surface area contributed by atoms with E-state index in [0.29, 0.717) is 11.0 Å². The fourth-order valence-electron chi connectivity index (χ4n) is 1.70. The molecular weight excluding hydrogens is 282 g/mol. The smallest absolute Gasteiger partial charge is 0.250 e. The van der Waals surface area contributed by atoms with Gasteiger partial charge in [0.15, 0.2) is 0 Å². The molecule has 110 valence electrons. The Kier molecular flexibility index (Phi) is 5.22. The minimum atomic E-state index is -0.193. The van der Waals surface area contributed by atoms with Crippen molar-refractivity contribution in [2.75, 3.05) is 5.32 Å². The van der Waals surface area contributed by atoms with Gasteiger partial charge >= 0.3 is 0 Å². The van der Waals surface area contributed by atoms with E-state index in [1.165, 1.54) is 23.0 Å². The van der Waals surface area contributed by atoms with Crippen LogP contribution in [-0.2, 0) is 11.2 Å². The Balaban J connectivity index is 1.95. The van der Waals surface area contributed by atoms with Crippen molar-refractivity contribution in [3.8, 4) is 0 Å². The number of aromatic nitrogens is 2. The molecule has 0 spiro atoms. The monoisotopic (exact) mass is 301 g/mol. The summed E-state index contributed by atoms with van der Waals surface area (Å²) in [5.74, 6) is 0.127. The summed E-state index contributed by atoms with van der Waals surface area (Å²) in [6.45, 7) is 6.21. The van der Waals surface area contributed by atoms with E-state index in [1.54, 1.807) is 6.08 Å². The van der Waals surface area contributed by atoms with Crippen molar-refractivity contribution in [2.45, 2.75) is 33.1 Å². The average Bonchev–Trinajstić information content (AvgIpc) is 2.94. The summed E-state index contributed by atoms with van der Waals surface area (Å²) in [7, 11) is 0. The minimum absolute atomic E-state index is 0.193. The van der Waals surface area contributed by atoms with Crippen molar-refractivity contribution in [3.05, 3.63) is 46.5 Å². The number of nitrogens with one attached hydrogen (secondary N) is 1. The molecule has 1 aromatic carbocycles. The van der Waals surface area contributed by atoms with Gasteiger partial charge in [-0.25, -0.2) is 0 Å². The topological polar surface area (TPSA) is 54.9 Å². The maximum atomic E-state index is 11.8. The lowest BCUT2D eigenvalue weighted by atomic mass is 10.1. The lowest BCUT2D eigenvalue weighted by molar-refractivity contribution is -0.111. The summed E-state index contributed by atoms with van der Waals surface area (Å²) in [4.78, 5) is 11.8. The van der Waals surface area contributed by atoms with Gasteiger partial charge in [-0.15, -0.1) is 10.2 Å². The molecule has 0 atom stereocenters. The van der Waals surface area contributed by atoms with Crippen LogP contribution in [0.2, 0.25) is 0 Å². The molecule has 0 aliphatic carbocycles. The summed E-state index contributed by atoms with van der Waals surface area (Å²) >= 11 is 1.41. The number of hydrogen-bond donors (Lipinski definition) is 1. The molecule has 0 fully saturated rings. The van der Waals surface area contributed by atoms with E-state index in [2.05, 4.69) is 34.6 Å². The van der Waals surface area contributed by atoms with E-state index in [4.69, 9.17) is 0 Å². The van der Waals surface area contributed by atoms with Crippen LogP contribution in [0.15, 0.2) is 30.3 Å². The molecule has 0 saturated heterocycles. The fraction of sp³-hybridized carbons (Fsp3) is 0.312. The summed E-state index contributed by atoms with van der Waals surface area (Å²) in [5.41, 5.74) is 2.29. The van der Waals surface area contributed by atoms with Gasteiger partial charge in [0.05, 0.1) is 0 Å². The Morgan fingerprint density at radius 3 is 2.57 bits per heavy atom. The van der Waals surface area contributed by atoms with Crippen molar-refractivity contribution >= 4 is 28.5 Å². The highest BCUT2D eigenvalue weighted by Gasteiger charge is 2.08. The summed E-state index contributed by atoms with van der Waals surface area (Å²) in [6, 6.07) is 8.14. The molecule has 0 radical (unpaired) electrons. The van der Waals surface area contributed by atoms with Crippen molar-refractivity contribution in [1.29, 1.82) is 0 Å². The standard InChI is InChI=1S/C16H19N3OS/c1-4-12-5-7-13(8-6-12)9-10-14(20)17-16-19-18-15(21-16)11(2)3/h5-11H,4H2,1-3H3,(H,17,19,20)/b10-9+. The van der Waals surface area contributed by atoms with Gasteiger partial charge in [-0.3, -0.25) is 10.1 Å². The van der Waals surface area contributed by atoms with Crippen LogP contribution < -0.4 is 5.32 Å². The quantitative estimate of drug-likeness (QED) is 0.853. The van der Waals surface area contributed by atoms with Crippen LogP contribution in [-0.4, -0.2) is 16.1 Å². The van der Waals surface area contributed by atoms with Gasteiger partial charge in [0, 0.05) is 12.0 Å². The normalized spacial score (nSPS) is 11.2. The average molecular weight is 301 g/mol. The minimum Gasteiger partial charge on any atom is -0.297 e. The maximum Gasteiger partial charge on any atom is 0.250 e. The van der Waals surface area contributed by atoms with E-state index in [-0.39, 0.29) is 5.91 Å². The molecule has 5 heteroatoms. The van der Waals surface area contributed by atoms with Gasteiger partial charge < -0.3 is 0 Å². The zero-order valence-electron chi connectivity index (χ0n) is 12.5. The Bertz CT molecular complexity index is 629. The lowest BCUT2D eigenvalue weighted by Crippen LogP contribution is -2.07. The van der Waals surface area contributed by atoms with Gasteiger partial charge in [-0.05, 0) is 23.6 Å². The Morgan fingerprint density at radius 2 is 2.00 bits per heavy atom. The number of carbonyl (C=O) groups excluding carboxylic acids is 1. The first-order chi connectivity index (χ1) is 10.1. The molecule has 0 unspecified atom stereocenters. The highest BCUT2D eigenvalue weighted by molar-refractivity contribution is 7.15. The van der Waals surface area contributed by atoms with Crippen LogP contribution in [0.1, 0.15) is 42.8 Å². The van der Waals surface area contributed by atoms with Crippen LogP contribution in [0.25, 0.3) is 6.08 Å². The van der Waals surface area contributed by atoms with Crippen LogP contribution in [0.5, 0.6) is 0 Å². The molecule has 0 aliphatic heterocycles. The van der Waals surface area contributed by atoms with Crippen LogP contribution in [0, 0.1) is 0 Å². The number of amides is 1. The van der Waals surface area contributed by atoms with Gasteiger partial charge in [-0.2, -0.15) is 0 Å². The van der Waals surface area contributed by atoms with Crippen molar-refractivity contribution in [3.63, 3.8) is 0 Å². The highest BCUT2D eigenvalue weighted by atomic mass is 32.1. The summed E-state index contributed by atoms with van der Waals surface area (Å²) in [6.07, 6.45) is 4.32. The third kappa shape index (κ3) is 4.49. The number of benzene rings is 1.